The molecule has 3 nitrogen and oxygen atoms in total. The van der Waals surface area contributed by atoms with Crippen LogP contribution in [0.1, 0.15) is 12.0 Å². The largest absolute Gasteiger partial charge is 0.368 e. The number of nitrogens with two attached hydrogens (primary N) is 1. The van der Waals surface area contributed by atoms with Gasteiger partial charge in [-0.05, 0) is 24.5 Å². The van der Waals surface area contributed by atoms with Crippen LogP contribution in [-0.2, 0) is 11.2 Å². The Kier molecular flexibility index (Phi) is 2.58. The van der Waals surface area contributed by atoms with E-state index in [-0.39, 0.29) is 12.4 Å². The number of nitrogens with zero attached hydrogens (tertiary/aromatic N) is 1. The van der Waals surface area contributed by atoms with Crippen LogP contribution in [0.15, 0.2) is 18.2 Å². The minimum atomic E-state index is -0.425. The number of halogens is 1. The van der Waals surface area contributed by atoms with Crippen LogP contribution in [-0.4, -0.2) is 19.0 Å². The van der Waals surface area contributed by atoms with Gasteiger partial charge < -0.3 is 10.6 Å². The summed E-state index contributed by atoms with van der Waals surface area (Å²) in [6, 6.07) is 5.01. The van der Waals surface area contributed by atoms with Gasteiger partial charge in [-0.15, -0.1) is 0 Å². The van der Waals surface area contributed by atoms with E-state index in [0.29, 0.717) is 12.2 Å². The molecule has 0 atom stereocenters. The molecular weight excluding hydrogens is 195 g/mol. The van der Waals surface area contributed by atoms with Crippen LogP contribution in [0.4, 0.5) is 10.1 Å². The van der Waals surface area contributed by atoms with Gasteiger partial charge in [-0.25, -0.2) is 4.39 Å². The zero-order chi connectivity index (χ0) is 10.8. The predicted molar refractivity (Wildman–Crippen MR) is 56.1 cm³/mol. The van der Waals surface area contributed by atoms with Crippen molar-refractivity contribution in [2.45, 2.75) is 12.8 Å². The summed E-state index contributed by atoms with van der Waals surface area (Å²) in [6.45, 7) is 0.783. The van der Waals surface area contributed by atoms with Crippen LogP contribution in [0.2, 0.25) is 0 Å². The van der Waals surface area contributed by atoms with Crippen molar-refractivity contribution in [2.75, 3.05) is 18.0 Å². The van der Waals surface area contributed by atoms with Gasteiger partial charge in [0.2, 0.25) is 5.91 Å². The Morgan fingerprint density at radius 2 is 2.33 bits per heavy atom. The lowest BCUT2D eigenvalue weighted by atomic mass is 10.0. The van der Waals surface area contributed by atoms with Crippen molar-refractivity contribution in [2.24, 2.45) is 5.73 Å². The van der Waals surface area contributed by atoms with E-state index >= 15 is 0 Å². The maximum Gasteiger partial charge on any atom is 0.236 e. The summed E-state index contributed by atoms with van der Waals surface area (Å²) < 4.78 is 13.6. The molecule has 0 unspecified atom stereocenters. The molecule has 1 heterocycles. The fourth-order valence-corrected chi connectivity index (χ4v) is 2.03. The smallest absolute Gasteiger partial charge is 0.236 e. The number of rotatable bonds is 2. The average molecular weight is 208 g/mol. The summed E-state index contributed by atoms with van der Waals surface area (Å²) >= 11 is 0. The quantitative estimate of drug-likeness (QED) is 0.790. The van der Waals surface area contributed by atoms with Crippen molar-refractivity contribution in [3.8, 4) is 0 Å². The third-order valence-electron chi connectivity index (χ3n) is 2.61. The highest BCUT2D eigenvalue weighted by molar-refractivity contribution is 5.80. The lowest BCUT2D eigenvalue weighted by Gasteiger charge is -2.30. The minimum absolute atomic E-state index is 0.0912. The average Bonchev–Trinajstić information content (AvgIpc) is 2.17. The molecule has 80 valence electrons. The van der Waals surface area contributed by atoms with Crippen molar-refractivity contribution in [1.29, 1.82) is 0 Å². The Morgan fingerprint density at radius 3 is 3.07 bits per heavy atom. The molecule has 0 aromatic heterocycles. The first kappa shape index (κ1) is 9.96. The molecule has 1 amide bonds. The van der Waals surface area contributed by atoms with E-state index in [1.54, 1.807) is 11.0 Å². The van der Waals surface area contributed by atoms with Crippen LogP contribution in [0.5, 0.6) is 0 Å². The molecule has 0 fully saturated rings. The monoisotopic (exact) mass is 208 g/mol. The number of benzene rings is 1. The Morgan fingerprint density at radius 1 is 1.53 bits per heavy atom. The number of aryl methyl sites for hydroxylation is 1. The van der Waals surface area contributed by atoms with Gasteiger partial charge in [0, 0.05) is 6.54 Å². The molecule has 0 aliphatic carbocycles. The van der Waals surface area contributed by atoms with E-state index in [4.69, 9.17) is 5.73 Å². The highest BCUT2D eigenvalue weighted by atomic mass is 19.1. The fourth-order valence-electron chi connectivity index (χ4n) is 2.03. The molecule has 0 radical (unpaired) electrons. The number of carbonyl (C=O) groups excluding carboxylic acids is 1. The van der Waals surface area contributed by atoms with E-state index in [9.17, 15) is 9.18 Å². The summed E-state index contributed by atoms with van der Waals surface area (Å²) in [5.74, 6) is -0.695. The molecule has 0 saturated carbocycles. The zero-order valence-corrected chi connectivity index (χ0v) is 8.37. The first-order chi connectivity index (χ1) is 7.18. The molecule has 1 aliphatic rings. The summed E-state index contributed by atoms with van der Waals surface area (Å²) in [4.78, 5) is 12.6. The van der Waals surface area contributed by atoms with Gasteiger partial charge in [0.15, 0.2) is 0 Å². The van der Waals surface area contributed by atoms with Gasteiger partial charge in [0.1, 0.15) is 5.82 Å². The maximum atomic E-state index is 13.6. The van der Waals surface area contributed by atoms with Gasteiger partial charge in [-0.2, -0.15) is 0 Å². The Balaban J connectivity index is 2.36. The summed E-state index contributed by atoms with van der Waals surface area (Å²) in [5, 5.41) is 0. The van der Waals surface area contributed by atoms with Gasteiger partial charge in [0.25, 0.3) is 0 Å². The number of primary amides is 1. The molecule has 2 N–H and O–H groups in total. The Labute approximate surface area is 87.7 Å². The summed E-state index contributed by atoms with van der Waals surface area (Å²) in [5.41, 5.74) is 6.63. The molecule has 1 aromatic carbocycles. The van der Waals surface area contributed by atoms with E-state index in [2.05, 4.69) is 0 Å². The number of fused-ring (bicyclic) bond motifs is 1. The fraction of sp³-hybridized carbons (Fsp3) is 0.364. The van der Waals surface area contributed by atoms with Crippen LogP contribution in [0.3, 0.4) is 0 Å². The van der Waals surface area contributed by atoms with Crippen molar-refractivity contribution >= 4 is 11.6 Å². The second-order valence-corrected chi connectivity index (χ2v) is 3.74. The van der Waals surface area contributed by atoms with Gasteiger partial charge in [0.05, 0.1) is 12.2 Å². The van der Waals surface area contributed by atoms with E-state index in [0.717, 1.165) is 18.4 Å². The SMILES string of the molecule is NC(=O)CN1CCCc2cccc(F)c21. The maximum absolute atomic E-state index is 13.6. The highest BCUT2D eigenvalue weighted by Crippen LogP contribution is 2.29. The lowest BCUT2D eigenvalue weighted by Crippen LogP contribution is -2.37. The lowest BCUT2D eigenvalue weighted by molar-refractivity contribution is -0.116. The van der Waals surface area contributed by atoms with Crippen LogP contribution in [0.25, 0.3) is 0 Å². The van der Waals surface area contributed by atoms with Gasteiger partial charge in [-0.3, -0.25) is 4.79 Å². The number of anilines is 1. The third-order valence-corrected chi connectivity index (χ3v) is 2.61. The molecular formula is C11H13FN2O. The highest BCUT2D eigenvalue weighted by Gasteiger charge is 2.21. The van der Waals surface area contributed by atoms with Crippen molar-refractivity contribution in [3.05, 3.63) is 29.6 Å². The number of hydrogen-bond acceptors (Lipinski definition) is 2. The normalized spacial score (nSPS) is 14.9. The second kappa shape index (κ2) is 3.88. The van der Waals surface area contributed by atoms with Crippen LogP contribution < -0.4 is 10.6 Å². The van der Waals surface area contributed by atoms with Crippen molar-refractivity contribution < 1.29 is 9.18 Å². The molecule has 2 rings (SSSR count). The van der Waals surface area contributed by atoms with Gasteiger partial charge in [-0.1, -0.05) is 12.1 Å². The first-order valence-corrected chi connectivity index (χ1v) is 4.99. The van der Waals surface area contributed by atoms with Crippen LogP contribution >= 0.6 is 0 Å². The molecule has 1 aromatic rings. The van der Waals surface area contributed by atoms with Gasteiger partial charge >= 0.3 is 0 Å². The summed E-state index contributed by atoms with van der Waals surface area (Å²) in [7, 11) is 0. The predicted octanol–water partition coefficient (Wildman–Crippen LogP) is 1.06. The van der Waals surface area contributed by atoms with Crippen molar-refractivity contribution in [1.82, 2.24) is 0 Å². The molecule has 0 saturated heterocycles. The summed E-state index contributed by atoms with van der Waals surface area (Å²) in [6.07, 6.45) is 1.80. The molecule has 15 heavy (non-hydrogen) atoms. The number of amides is 1. The number of hydrogen-bond donors (Lipinski definition) is 1. The molecule has 4 heteroatoms. The first-order valence-electron chi connectivity index (χ1n) is 4.99. The third kappa shape index (κ3) is 1.93. The zero-order valence-electron chi connectivity index (χ0n) is 8.37. The van der Waals surface area contributed by atoms with E-state index in [1.807, 2.05) is 6.07 Å². The topological polar surface area (TPSA) is 46.3 Å². The minimum Gasteiger partial charge on any atom is -0.368 e. The molecule has 1 aliphatic heterocycles. The van der Waals surface area contributed by atoms with Crippen LogP contribution in [0, 0.1) is 5.82 Å². The second-order valence-electron chi connectivity index (χ2n) is 3.74. The Bertz CT molecular complexity index is 392. The number of carbonyl (C=O) groups is 1. The molecule has 0 bridgehead atoms. The Hall–Kier alpha value is -1.58. The van der Waals surface area contributed by atoms with E-state index in [1.165, 1.54) is 6.07 Å². The standard InChI is InChI=1S/C11H13FN2O/c12-9-5-1-3-8-4-2-6-14(11(8)9)7-10(13)15/h1,3,5H,2,4,6-7H2,(H2,13,15). The van der Waals surface area contributed by atoms with E-state index < -0.39 is 5.91 Å². The van der Waals surface area contributed by atoms with Crippen molar-refractivity contribution in [3.63, 3.8) is 0 Å². The number of para-hydroxylation sites is 1. The molecule has 0 spiro atoms.